The van der Waals surface area contributed by atoms with Crippen LogP contribution in [-0.2, 0) is 32.0 Å². The first kappa shape index (κ1) is 24.4. The molecule has 1 fully saturated rings. The van der Waals surface area contributed by atoms with E-state index < -0.39 is 6.29 Å². The van der Waals surface area contributed by atoms with Gasteiger partial charge in [-0.2, -0.15) is 5.10 Å². The number of aryl methyl sites for hydroxylation is 1. The summed E-state index contributed by atoms with van der Waals surface area (Å²) in [6.07, 6.45) is 9.23. The van der Waals surface area contributed by atoms with Crippen molar-refractivity contribution in [3.63, 3.8) is 0 Å². The van der Waals surface area contributed by atoms with Crippen LogP contribution in [-0.4, -0.2) is 66.9 Å². The first-order chi connectivity index (χ1) is 15.6. The molecule has 0 saturated heterocycles. The second kappa shape index (κ2) is 12.7. The molecule has 3 rings (SSSR count). The Balaban J connectivity index is 1.44. The predicted octanol–water partition coefficient (Wildman–Crippen LogP) is 3.91. The molecule has 2 aromatic rings. The van der Waals surface area contributed by atoms with Crippen LogP contribution in [0.2, 0.25) is 0 Å². The minimum Gasteiger partial charge on any atom is -0.381 e. The number of carbonyl (C=O) groups is 1. The van der Waals surface area contributed by atoms with Gasteiger partial charge in [0.15, 0.2) is 6.29 Å². The summed E-state index contributed by atoms with van der Waals surface area (Å²) >= 11 is 0. The van der Waals surface area contributed by atoms with E-state index in [0.29, 0.717) is 26.2 Å². The van der Waals surface area contributed by atoms with Crippen molar-refractivity contribution in [3.05, 3.63) is 42.2 Å². The summed E-state index contributed by atoms with van der Waals surface area (Å²) in [4.78, 5) is 14.8. The summed E-state index contributed by atoms with van der Waals surface area (Å²) in [5, 5.41) is 4.36. The molecule has 7 heteroatoms. The lowest BCUT2D eigenvalue weighted by Gasteiger charge is -2.31. The van der Waals surface area contributed by atoms with E-state index in [1.54, 1.807) is 14.2 Å². The number of ether oxygens (including phenoxy) is 3. The average Bonchev–Trinajstić information content (AvgIpc) is 3.52. The Bertz CT molecular complexity index is 828. The maximum Gasteiger partial charge on any atom is 0.225 e. The molecule has 0 unspecified atom stereocenters. The van der Waals surface area contributed by atoms with Crippen LogP contribution >= 0.6 is 0 Å². The standard InChI is InChI=1S/C25H37N3O4/c1-4-27-18-22(17-26-27)21-9-7-8-20(16-21)12-14-32-15-13-24(29)28(19-25(30-2)31-3)23-10-5-6-11-23/h7-9,16-18,23,25H,4-6,10-15,19H2,1-3H3. The molecule has 0 radical (unpaired) electrons. The fourth-order valence-electron chi connectivity index (χ4n) is 4.26. The van der Waals surface area contributed by atoms with Gasteiger partial charge >= 0.3 is 0 Å². The van der Waals surface area contributed by atoms with Crippen LogP contribution in [0.25, 0.3) is 11.1 Å². The highest BCUT2D eigenvalue weighted by Gasteiger charge is 2.28. The number of amides is 1. The molecule has 176 valence electrons. The number of aromatic nitrogens is 2. The molecule has 0 aliphatic heterocycles. The van der Waals surface area contributed by atoms with Crippen molar-refractivity contribution in [3.8, 4) is 11.1 Å². The van der Waals surface area contributed by atoms with Crippen molar-refractivity contribution in [2.24, 2.45) is 0 Å². The molecule has 1 aliphatic carbocycles. The van der Waals surface area contributed by atoms with Crippen LogP contribution < -0.4 is 0 Å². The molecule has 1 saturated carbocycles. The first-order valence-electron chi connectivity index (χ1n) is 11.7. The van der Waals surface area contributed by atoms with Gasteiger partial charge in [0.25, 0.3) is 0 Å². The molecule has 1 amide bonds. The molecule has 1 aromatic heterocycles. The molecule has 32 heavy (non-hydrogen) atoms. The van der Waals surface area contributed by atoms with Crippen molar-refractivity contribution in [1.82, 2.24) is 14.7 Å². The van der Waals surface area contributed by atoms with E-state index in [2.05, 4.69) is 42.5 Å². The van der Waals surface area contributed by atoms with Crippen LogP contribution in [0.5, 0.6) is 0 Å². The van der Waals surface area contributed by atoms with E-state index in [1.807, 2.05) is 15.8 Å². The van der Waals surface area contributed by atoms with Crippen LogP contribution in [0.4, 0.5) is 0 Å². The van der Waals surface area contributed by atoms with Gasteiger partial charge in [0.05, 0.1) is 32.4 Å². The number of nitrogens with zero attached hydrogens (tertiary/aromatic N) is 3. The maximum absolute atomic E-state index is 12.9. The molecule has 0 spiro atoms. The summed E-state index contributed by atoms with van der Waals surface area (Å²) in [5.41, 5.74) is 3.50. The van der Waals surface area contributed by atoms with Gasteiger partial charge in [-0.25, -0.2) is 0 Å². The van der Waals surface area contributed by atoms with Crippen molar-refractivity contribution < 1.29 is 19.0 Å². The lowest BCUT2D eigenvalue weighted by molar-refractivity contribution is -0.150. The highest BCUT2D eigenvalue weighted by molar-refractivity contribution is 5.76. The molecule has 1 aliphatic rings. The van der Waals surface area contributed by atoms with Crippen molar-refractivity contribution in [2.45, 2.75) is 64.3 Å². The highest BCUT2D eigenvalue weighted by atomic mass is 16.7. The number of hydrogen-bond donors (Lipinski definition) is 0. The Kier molecular flexibility index (Phi) is 9.71. The van der Waals surface area contributed by atoms with Gasteiger partial charge in [-0.15, -0.1) is 0 Å². The minimum atomic E-state index is -0.392. The van der Waals surface area contributed by atoms with Crippen molar-refractivity contribution >= 4 is 5.91 Å². The van der Waals surface area contributed by atoms with Gasteiger partial charge in [0.2, 0.25) is 5.91 Å². The smallest absolute Gasteiger partial charge is 0.225 e. The third-order valence-corrected chi connectivity index (χ3v) is 6.17. The zero-order valence-corrected chi connectivity index (χ0v) is 19.7. The largest absolute Gasteiger partial charge is 0.381 e. The monoisotopic (exact) mass is 443 g/mol. The van der Waals surface area contributed by atoms with E-state index in [4.69, 9.17) is 14.2 Å². The van der Waals surface area contributed by atoms with Gasteiger partial charge in [-0.1, -0.05) is 37.1 Å². The van der Waals surface area contributed by atoms with E-state index in [9.17, 15) is 4.79 Å². The molecular weight excluding hydrogens is 406 g/mol. The van der Waals surface area contributed by atoms with E-state index in [0.717, 1.165) is 36.9 Å². The second-order valence-electron chi connectivity index (χ2n) is 8.28. The quantitative estimate of drug-likeness (QED) is 0.347. The number of methoxy groups -OCH3 is 2. The van der Waals surface area contributed by atoms with Gasteiger partial charge in [-0.3, -0.25) is 9.48 Å². The molecule has 1 aromatic carbocycles. The summed E-state index contributed by atoms with van der Waals surface area (Å²) in [6.45, 7) is 4.43. The van der Waals surface area contributed by atoms with Gasteiger partial charge in [0.1, 0.15) is 0 Å². The number of benzene rings is 1. The summed E-state index contributed by atoms with van der Waals surface area (Å²) in [6, 6.07) is 8.75. The molecular formula is C25H37N3O4. The Morgan fingerprint density at radius 1 is 1.19 bits per heavy atom. The third-order valence-electron chi connectivity index (χ3n) is 6.17. The Morgan fingerprint density at radius 3 is 2.66 bits per heavy atom. The number of carbonyl (C=O) groups excluding carboxylic acids is 1. The Morgan fingerprint density at radius 2 is 1.97 bits per heavy atom. The summed E-state index contributed by atoms with van der Waals surface area (Å²) < 4.78 is 18.4. The average molecular weight is 444 g/mol. The Hall–Kier alpha value is -2.22. The summed E-state index contributed by atoms with van der Waals surface area (Å²) in [5.74, 6) is 0.117. The van der Waals surface area contributed by atoms with Crippen LogP contribution in [0, 0.1) is 0 Å². The second-order valence-corrected chi connectivity index (χ2v) is 8.28. The van der Waals surface area contributed by atoms with E-state index in [-0.39, 0.29) is 11.9 Å². The maximum atomic E-state index is 12.9. The predicted molar refractivity (Wildman–Crippen MR) is 124 cm³/mol. The lowest BCUT2D eigenvalue weighted by Crippen LogP contribution is -2.44. The van der Waals surface area contributed by atoms with Crippen molar-refractivity contribution in [1.29, 1.82) is 0 Å². The topological polar surface area (TPSA) is 65.8 Å². The van der Waals surface area contributed by atoms with Crippen LogP contribution in [0.3, 0.4) is 0 Å². The summed E-state index contributed by atoms with van der Waals surface area (Å²) in [7, 11) is 3.22. The molecule has 1 heterocycles. The van der Waals surface area contributed by atoms with Gasteiger partial charge in [-0.05, 0) is 37.3 Å². The number of hydrogen-bond acceptors (Lipinski definition) is 5. The minimum absolute atomic E-state index is 0.117. The molecule has 0 atom stereocenters. The fourth-order valence-corrected chi connectivity index (χ4v) is 4.26. The lowest BCUT2D eigenvalue weighted by atomic mass is 10.0. The Labute approximate surface area is 191 Å². The highest BCUT2D eigenvalue weighted by Crippen LogP contribution is 2.25. The van der Waals surface area contributed by atoms with E-state index in [1.165, 1.54) is 18.4 Å². The van der Waals surface area contributed by atoms with Gasteiger partial charge < -0.3 is 19.1 Å². The van der Waals surface area contributed by atoms with E-state index >= 15 is 0 Å². The number of rotatable bonds is 13. The SMILES string of the molecule is CCn1cc(-c2cccc(CCOCCC(=O)N(CC(OC)OC)C3CCCC3)c2)cn1. The fraction of sp³-hybridized carbons (Fsp3) is 0.600. The van der Waals surface area contributed by atoms with Gasteiger partial charge in [0, 0.05) is 38.6 Å². The zero-order valence-electron chi connectivity index (χ0n) is 19.7. The zero-order chi connectivity index (χ0) is 22.8. The molecule has 0 N–H and O–H groups in total. The van der Waals surface area contributed by atoms with Crippen LogP contribution in [0.1, 0.15) is 44.6 Å². The molecule has 7 nitrogen and oxygen atoms in total. The molecule has 0 bridgehead atoms. The third kappa shape index (κ3) is 6.89. The normalized spacial score (nSPS) is 14.4. The van der Waals surface area contributed by atoms with Crippen LogP contribution in [0.15, 0.2) is 36.7 Å². The first-order valence-corrected chi connectivity index (χ1v) is 11.7. The van der Waals surface area contributed by atoms with Crippen molar-refractivity contribution in [2.75, 3.05) is 34.0 Å².